The molecule has 0 atom stereocenters. The zero-order chi connectivity index (χ0) is 18.7. The Morgan fingerprint density at radius 1 is 1.15 bits per heavy atom. The molecule has 0 aliphatic carbocycles. The van der Waals surface area contributed by atoms with Crippen molar-refractivity contribution in [3.05, 3.63) is 51.5 Å². The van der Waals surface area contributed by atoms with Gasteiger partial charge in [-0.1, -0.05) is 12.1 Å². The molecule has 26 heavy (non-hydrogen) atoms. The highest BCUT2D eigenvalue weighted by atomic mass is 32.1. The lowest BCUT2D eigenvalue weighted by atomic mass is 10.1. The molecule has 1 aromatic carbocycles. The SMILES string of the molecule is Cc1cc(C(=O)CCC(=O)NCCn2c(C)nc3ccccc32)c(C)s1. The van der Waals surface area contributed by atoms with E-state index in [2.05, 4.69) is 14.9 Å². The number of ketones is 1. The van der Waals surface area contributed by atoms with Crippen molar-refractivity contribution in [2.75, 3.05) is 6.54 Å². The molecule has 3 rings (SSSR count). The summed E-state index contributed by atoms with van der Waals surface area (Å²) in [5, 5.41) is 2.90. The minimum atomic E-state index is -0.0926. The normalized spacial score (nSPS) is 11.0. The maximum atomic E-state index is 12.2. The predicted molar refractivity (Wildman–Crippen MR) is 105 cm³/mol. The van der Waals surface area contributed by atoms with Crippen molar-refractivity contribution in [2.24, 2.45) is 0 Å². The third-order valence-electron chi connectivity index (χ3n) is 4.42. The van der Waals surface area contributed by atoms with E-state index in [0.717, 1.165) is 32.2 Å². The molecule has 1 amide bonds. The van der Waals surface area contributed by atoms with Crippen molar-refractivity contribution < 1.29 is 9.59 Å². The van der Waals surface area contributed by atoms with Gasteiger partial charge in [-0.25, -0.2) is 4.98 Å². The Hall–Kier alpha value is -2.47. The van der Waals surface area contributed by atoms with Crippen molar-refractivity contribution in [2.45, 2.75) is 40.2 Å². The van der Waals surface area contributed by atoms with Gasteiger partial charge in [-0.05, 0) is 39.0 Å². The molecule has 6 heteroatoms. The second-order valence-electron chi connectivity index (χ2n) is 6.40. The Bertz CT molecular complexity index is 955. The highest BCUT2D eigenvalue weighted by Crippen LogP contribution is 2.22. The Morgan fingerprint density at radius 2 is 1.92 bits per heavy atom. The smallest absolute Gasteiger partial charge is 0.220 e. The number of carbonyl (C=O) groups is 2. The van der Waals surface area contributed by atoms with E-state index in [1.807, 2.05) is 51.1 Å². The largest absolute Gasteiger partial charge is 0.354 e. The first kappa shape index (κ1) is 18.3. The van der Waals surface area contributed by atoms with Crippen molar-refractivity contribution in [1.82, 2.24) is 14.9 Å². The molecule has 0 aliphatic rings. The van der Waals surface area contributed by atoms with Crippen molar-refractivity contribution in [1.29, 1.82) is 0 Å². The van der Waals surface area contributed by atoms with E-state index < -0.39 is 0 Å². The Morgan fingerprint density at radius 3 is 2.65 bits per heavy atom. The molecular formula is C20H23N3O2S. The van der Waals surface area contributed by atoms with Gasteiger partial charge in [0.2, 0.25) is 5.91 Å². The van der Waals surface area contributed by atoms with Crippen LogP contribution in [0.1, 0.15) is 38.8 Å². The van der Waals surface area contributed by atoms with Gasteiger partial charge >= 0.3 is 0 Å². The van der Waals surface area contributed by atoms with Crippen LogP contribution in [0.15, 0.2) is 30.3 Å². The zero-order valence-electron chi connectivity index (χ0n) is 15.3. The van der Waals surface area contributed by atoms with E-state index in [1.54, 1.807) is 11.3 Å². The summed E-state index contributed by atoms with van der Waals surface area (Å²) in [6.07, 6.45) is 0.465. The summed E-state index contributed by atoms with van der Waals surface area (Å²) in [7, 11) is 0. The average Bonchev–Trinajstić information content (AvgIpc) is 3.11. The quantitative estimate of drug-likeness (QED) is 0.644. The Labute approximate surface area is 157 Å². The number of amides is 1. The standard InChI is InChI=1S/C20H23N3O2S/c1-13-12-16(14(2)26-13)19(24)8-9-20(25)21-10-11-23-15(3)22-17-6-4-5-7-18(17)23/h4-7,12H,8-11H2,1-3H3,(H,21,25). The van der Waals surface area contributed by atoms with E-state index in [0.29, 0.717) is 13.1 Å². The number of thiophene rings is 1. The third kappa shape index (κ3) is 4.02. The highest BCUT2D eigenvalue weighted by molar-refractivity contribution is 7.12. The number of imidazole rings is 1. The van der Waals surface area contributed by atoms with Gasteiger partial charge in [0.1, 0.15) is 5.82 Å². The maximum absolute atomic E-state index is 12.2. The summed E-state index contributed by atoms with van der Waals surface area (Å²) in [4.78, 5) is 31.0. The number of carbonyl (C=O) groups excluding carboxylic acids is 2. The van der Waals surface area contributed by atoms with Crippen LogP contribution < -0.4 is 5.32 Å². The molecule has 2 heterocycles. The van der Waals surface area contributed by atoms with E-state index in [9.17, 15) is 9.59 Å². The fourth-order valence-electron chi connectivity index (χ4n) is 3.14. The lowest BCUT2D eigenvalue weighted by Gasteiger charge is -2.08. The number of nitrogens with one attached hydrogen (secondary N) is 1. The molecule has 0 bridgehead atoms. The van der Waals surface area contributed by atoms with Gasteiger partial charge in [0.15, 0.2) is 5.78 Å². The monoisotopic (exact) mass is 369 g/mol. The van der Waals surface area contributed by atoms with Gasteiger partial charge in [0.05, 0.1) is 11.0 Å². The molecule has 5 nitrogen and oxygen atoms in total. The molecular weight excluding hydrogens is 346 g/mol. The number of Topliss-reactive ketones (excluding diaryl/α,β-unsaturated/α-hetero) is 1. The number of para-hydroxylation sites is 2. The van der Waals surface area contributed by atoms with Gasteiger partial charge in [-0.3, -0.25) is 9.59 Å². The van der Waals surface area contributed by atoms with Crippen molar-refractivity contribution >= 4 is 34.1 Å². The van der Waals surface area contributed by atoms with Crippen LogP contribution in [0.4, 0.5) is 0 Å². The van der Waals surface area contributed by atoms with Crippen LogP contribution in [0.5, 0.6) is 0 Å². The molecule has 3 aromatic rings. The van der Waals surface area contributed by atoms with Crippen LogP contribution in [-0.2, 0) is 11.3 Å². The van der Waals surface area contributed by atoms with Crippen LogP contribution in [-0.4, -0.2) is 27.8 Å². The first-order valence-electron chi connectivity index (χ1n) is 8.74. The minimum Gasteiger partial charge on any atom is -0.354 e. The molecule has 0 saturated heterocycles. The summed E-state index contributed by atoms with van der Waals surface area (Å²) in [6.45, 7) is 7.08. The van der Waals surface area contributed by atoms with Gasteiger partial charge in [0, 0.05) is 41.2 Å². The average molecular weight is 369 g/mol. The Kier molecular flexibility index (Phi) is 5.52. The first-order chi connectivity index (χ1) is 12.5. The predicted octanol–water partition coefficient (Wildman–Crippen LogP) is 3.80. The van der Waals surface area contributed by atoms with Crippen LogP contribution >= 0.6 is 11.3 Å². The fraction of sp³-hybridized carbons (Fsp3) is 0.350. The summed E-state index contributed by atoms with van der Waals surface area (Å²) in [5.74, 6) is 0.877. The second kappa shape index (κ2) is 7.83. The third-order valence-corrected chi connectivity index (χ3v) is 5.39. The zero-order valence-corrected chi connectivity index (χ0v) is 16.2. The number of rotatable bonds is 7. The lowest BCUT2D eigenvalue weighted by Crippen LogP contribution is -2.27. The summed E-state index contributed by atoms with van der Waals surface area (Å²) >= 11 is 1.62. The second-order valence-corrected chi connectivity index (χ2v) is 7.86. The maximum Gasteiger partial charge on any atom is 0.220 e. The number of hydrogen-bond donors (Lipinski definition) is 1. The van der Waals surface area contributed by atoms with Crippen LogP contribution in [0.2, 0.25) is 0 Å². The van der Waals surface area contributed by atoms with Crippen LogP contribution in [0.3, 0.4) is 0 Å². The molecule has 1 N–H and O–H groups in total. The minimum absolute atomic E-state index is 0.0402. The molecule has 0 spiro atoms. The van der Waals surface area contributed by atoms with Crippen molar-refractivity contribution in [3.63, 3.8) is 0 Å². The van der Waals surface area contributed by atoms with Crippen LogP contribution in [0.25, 0.3) is 11.0 Å². The van der Waals surface area contributed by atoms with Gasteiger partial charge < -0.3 is 9.88 Å². The highest BCUT2D eigenvalue weighted by Gasteiger charge is 2.14. The van der Waals surface area contributed by atoms with E-state index >= 15 is 0 Å². The fourth-order valence-corrected chi connectivity index (χ4v) is 4.09. The number of nitrogens with zero attached hydrogens (tertiary/aromatic N) is 2. The van der Waals surface area contributed by atoms with Gasteiger partial charge in [0.25, 0.3) is 0 Å². The molecule has 0 aliphatic heterocycles. The Balaban J connectivity index is 1.49. The molecule has 2 aromatic heterocycles. The summed E-state index contributed by atoms with van der Waals surface area (Å²) in [5.41, 5.74) is 2.78. The number of aromatic nitrogens is 2. The van der Waals surface area contributed by atoms with Crippen LogP contribution in [0, 0.1) is 20.8 Å². The lowest BCUT2D eigenvalue weighted by molar-refractivity contribution is -0.121. The number of fused-ring (bicyclic) bond motifs is 1. The molecule has 0 unspecified atom stereocenters. The molecule has 0 saturated carbocycles. The van der Waals surface area contributed by atoms with Gasteiger partial charge in [-0.15, -0.1) is 11.3 Å². The first-order valence-corrected chi connectivity index (χ1v) is 9.56. The van der Waals surface area contributed by atoms with Crippen molar-refractivity contribution in [3.8, 4) is 0 Å². The van der Waals surface area contributed by atoms with E-state index in [-0.39, 0.29) is 24.5 Å². The van der Waals surface area contributed by atoms with E-state index in [1.165, 1.54) is 0 Å². The molecule has 0 fully saturated rings. The van der Waals surface area contributed by atoms with E-state index in [4.69, 9.17) is 0 Å². The summed E-state index contributed by atoms with van der Waals surface area (Å²) in [6, 6.07) is 9.87. The number of hydrogen-bond acceptors (Lipinski definition) is 4. The molecule has 0 radical (unpaired) electrons. The summed E-state index contributed by atoms with van der Waals surface area (Å²) < 4.78 is 2.10. The number of benzene rings is 1. The van der Waals surface area contributed by atoms with Gasteiger partial charge in [-0.2, -0.15) is 0 Å². The molecule has 136 valence electrons. The number of aryl methyl sites for hydroxylation is 3. The topological polar surface area (TPSA) is 64.0 Å².